The van der Waals surface area contributed by atoms with Crippen molar-refractivity contribution in [2.24, 2.45) is 0 Å². The highest BCUT2D eigenvalue weighted by atomic mass is 127. The molecule has 0 saturated heterocycles. The second kappa shape index (κ2) is 3.93. The average Bonchev–Trinajstić information content (AvgIpc) is 2.57. The third-order valence-corrected chi connectivity index (χ3v) is 5.49. The topological polar surface area (TPSA) is 0 Å². The Hall–Kier alpha value is 0.260. The highest BCUT2D eigenvalue weighted by molar-refractivity contribution is 14.1. The summed E-state index contributed by atoms with van der Waals surface area (Å²) in [7, 11) is 0. The van der Waals surface area contributed by atoms with E-state index in [4.69, 9.17) is 0 Å². The van der Waals surface area contributed by atoms with E-state index in [1.165, 1.54) is 18.5 Å². The smallest absolute Gasteiger partial charge is 0.0382 e. The summed E-state index contributed by atoms with van der Waals surface area (Å²) in [6, 6.07) is 6.48. The zero-order valence-corrected chi connectivity index (χ0v) is 12.3. The standard InChI is InChI=1S/C12H8BrIS/c13-9-2-1-3-11-12(9)8-6-7(14)4-5-10(8)15-11/h1-6,8,10H. The Morgan fingerprint density at radius 1 is 1.33 bits per heavy atom. The zero-order chi connectivity index (χ0) is 10.4. The van der Waals surface area contributed by atoms with E-state index in [9.17, 15) is 0 Å². The van der Waals surface area contributed by atoms with Crippen LogP contribution in [0.1, 0.15) is 11.5 Å². The van der Waals surface area contributed by atoms with Gasteiger partial charge in [-0.15, -0.1) is 11.8 Å². The molecular formula is C12H8BrIS. The molecule has 1 aromatic rings. The van der Waals surface area contributed by atoms with Crippen molar-refractivity contribution >= 4 is 50.3 Å². The molecule has 0 N–H and O–H groups in total. The van der Waals surface area contributed by atoms with Crippen LogP contribution in [0.4, 0.5) is 0 Å². The van der Waals surface area contributed by atoms with Crippen molar-refractivity contribution in [3.8, 4) is 0 Å². The van der Waals surface area contributed by atoms with Crippen molar-refractivity contribution in [1.82, 2.24) is 0 Å². The minimum Gasteiger partial charge on any atom is -0.117 e. The minimum atomic E-state index is 0.553. The Bertz CT molecular complexity index is 479. The van der Waals surface area contributed by atoms with E-state index in [1.807, 2.05) is 11.8 Å². The Morgan fingerprint density at radius 2 is 2.20 bits per heavy atom. The molecule has 2 unspecified atom stereocenters. The molecule has 0 amide bonds. The minimum absolute atomic E-state index is 0.553. The van der Waals surface area contributed by atoms with Gasteiger partial charge in [0, 0.05) is 24.1 Å². The molecule has 76 valence electrons. The van der Waals surface area contributed by atoms with Crippen molar-refractivity contribution in [2.75, 3.05) is 0 Å². The van der Waals surface area contributed by atoms with Crippen LogP contribution in [0.15, 0.2) is 49.4 Å². The van der Waals surface area contributed by atoms with Crippen molar-refractivity contribution in [3.63, 3.8) is 0 Å². The van der Waals surface area contributed by atoms with Crippen LogP contribution in [0.2, 0.25) is 0 Å². The van der Waals surface area contributed by atoms with Gasteiger partial charge in [0.2, 0.25) is 0 Å². The van der Waals surface area contributed by atoms with Gasteiger partial charge in [0.1, 0.15) is 0 Å². The lowest BCUT2D eigenvalue weighted by atomic mass is 9.93. The SMILES string of the molecule is Brc1cccc2c1C1C=C(I)C=CC1S2. The maximum atomic E-state index is 3.66. The normalized spacial score (nSPS) is 27.2. The molecule has 1 aliphatic heterocycles. The number of rotatable bonds is 0. The van der Waals surface area contributed by atoms with Gasteiger partial charge >= 0.3 is 0 Å². The number of fused-ring (bicyclic) bond motifs is 3. The number of halogens is 2. The van der Waals surface area contributed by atoms with E-state index in [2.05, 4.69) is 74.9 Å². The van der Waals surface area contributed by atoms with Crippen molar-refractivity contribution in [2.45, 2.75) is 16.1 Å². The molecule has 0 saturated carbocycles. The Morgan fingerprint density at radius 3 is 3.07 bits per heavy atom. The first-order valence-electron chi connectivity index (χ1n) is 4.76. The molecule has 1 aliphatic carbocycles. The fourth-order valence-corrected chi connectivity index (χ4v) is 4.78. The third kappa shape index (κ3) is 1.72. The Kier molecular flexibility index (Phi) is 2.73. The van der Waals surface area contributed by atoms with Crippen LogP contribution in [-0.4, -0.2) is 5.25 Å². The van der Waals surface area contributed by atoms with Crippen LogP contribution in [0, 0.1) is 0 Å². The molecule has 0 bridgehead atoms. The first-order valence-corrected chi connectivity index (χ1v) is 7.51. The fraction of sp³-hybridized carbons (Fsp3) is 0.167. The number of hydrogen-bond acceptors (Lipinski definition) is 1. The van der Waals surface area contributed by atoms with Gasteiger partial charge in [0.25, 0.3) is 0 Å². The van der Waals surface area contributed by atoms with Crippen molar-refractivity contribution in [1.29, 1.82) is 0 Å². The van der Waals surface area contributed by atoms with Gasteiger partial charge in [-0.25, -0.2) is 0 Å². The maximum Gasteiger partial charge on any atom is 0.0382 e. The van der Waals surface area contributed by atoms with Crippen molar-refractivity contribution in [3.05, 3.63) is 50.0 Å². The number of benzene rings is 1. The van der Waals surface area contributed by atoms with Crippen molar-refractivity contribution < 1.29 is 0 Å². The van der Waals surface area contributed by atoms with Gasteiger partial charge in [0.05, 0.1) is 0 Å². The largest absolute Gasteiger partial charge is 0.117 e. The molecule has 3 rings (SSSR count). The second-order valence-electron chi connectivity index (χ2n) is 3.67. The summed E-state index contributed by atoms with van der Waals surface area (Å²) in [5, 5.41) is 0.595. The molecule has 0 nitrogen and oxygen atoms in total. The summed E-state index contributed by atoms with van der Waals surface area (Å²) in [5.41, 5.74) is 1.46. The van der Waals surface area contributed by atoms with E-state index >= 15 is 0 Å². The molecule has 0 aromatic heterocycles. The predicted octanol–water partition coefficient (Wildman–Crippen LogP) is 4.90. The molecular weight excluding hydrogens is 383 g/mol. The third-order valence-electron chi connectivity index (χ3n) is 2.75. The molecule has 15 heavy (non-hydrogen) atoms. The van der Waals surface area contributed by atoms with Gasteiger partial charge < -0.3 is 0 Å². The zero-order valence-electron chi connectivity index (χ0n) is 7.78. The Balaban J connectivity index is 2.15. The molecule has 2 atom stereocenters. The van der Waals surface area contributed by atoms with Gasteiger partial charge in [-0.3, -0.25) is 0 Å². The summed E-state index contributed by atoms with van der Waals surface area (Å²) < 4.78 is 2.59. The highest BCUT2D eigenvalue weighted by Crippen LogP contribution is 2.51. The summed E-state index contributed by atoms with van der Waals surface area (Å²) in [5.74, 6) is 0.553. The molecule has 0 spiro atoms. The van der Waals surface area contributed by atoms with Crippen LogP contribution in [0.5, 0.6) is 0 Å². The fourth-order valence-electron chi connectivity index (χ4n) is 2.08. The summed E-state index contributed by atoms with van der Waals surface area (Å²) in [4.78, 5) is 1.42. The van der Waals surface area contributed by atoms with E-state index in [0.717, 1.165) is 0 Å². The maximum absolute atomic E-state index is 3.66. The molecule has 3 heteroatoms. The predicted molar refractivity (Wildman–Crippen MR) is 77.8 cm³/mol. The lowest BCUT2D eigenvalue weighted by Crippen LogP contribution is -2.08. The monoisotopic (exact) mass is 390 g/mol. The van der Waals surface area contributed by atoms with Crippen LogP contribution in [0.3, 0.4) is 0 Å². The van der Waals surface area contributed by atoms with E-state index in [0.29, 0.717) is 11.2 Å². The van der Waals surface area contributed by atoms with E-state index < -0.39 is 0 Å². The van der Waals surface area contributed by atoms with Gasteiger partial charge in [-0.1, -0.05) is 40.2 Å². The quantitative estimate of drug-likeness (QED) is 0.568. The summed E-state index contributed by atoms with van der Waals surface area (Å²) in [6.45, 7) is 0. The van der Waals surface area contributed by atoms with Crippen LogP contribution in [0.25, 0.3) is 0 Å². The molecule has 1 aromatic carbocycles. The molecule has 1 heterocycles. The molecule has 0 fully saturated rings. The lowest BCUT2D eigenvalue weighted by Gasteiger charge is -2.17. The first kappa shape index (κ1) is 10.4. The highest BCUT2D eigenvalue weighted by Gasteiger charge is 2.33. The summed E-state index contributed by atoms with van der Waals surface area (Å²) >= 11 is 8.02. The van der Waals surface area contributed by atoms with Gasteiger partial charge in [-0.05, 0) is 40.3 Å². The molecule has 0 radical (unpaired) electrons. The number of thioether (sulfide) groups is 1. The average molecular weight is 391 g/mol. The number of hydrogen-bond donors (Lipinski definition) is 0. The summed E-state index contributed by atoms with van der Waals surface area (Å²) in [6.07, 6.45) is 6.91. The van der Waals surface area contributed by atoms with Gasteiger partial charge in [-0.2, -0.15) is 0 Å². The van der Waals surface area contributed by atoms with Crippen LogP contribution >= 0.6 is 50.3 Å². The van der Waals surface area contributed by atoms with E-state index in [-0.39, 0.29) is 0 Å². The number of allylic oxidation sites excluding steroid dienone is 3. The van der Waals surface area contributed by atoms with E-state index in [1.54, 1.807) is 0 Å². The molecule has 2 aliphatic rings. The van der Waals surface area contributed by atoms with Gasteiger partial charge in [0.15, 0.2) is 0 Å². The van der Waals surface area contributed by atoms with Crippen LogP contribution < -0.4 is 0 Å². The second-order valence-corrected chi connectivity index (χ2v) is 6.99. The first-order chi connectivity index (χ1) is 7.25. The van der Waals surface area contributed by atoms with Crippen LogP contribution in [-0.2, 0) is 0 Å². The Labute approximate surface area is 115 Å². The lowest BCUT2D eigenvalue weighted by molar-refractivity contribution is 0.874.